The van der Waals surface area contributed by atoms with E-state index in [-0.39, 0.29) is 0 Å². The average Bonchev–Trinajstić information content (AvgIpc) is 3.51. The highest BCUT2D eigenvalue weighted by Gasteiger charge is 2.30. The van der Waals surface area contributed by atoms with Crippen molar-refractivity contribution in [2.45, 2.75) is 37.9 Å². The Morgan fingerprint density at radius 3 is 2.83 bits per heavy atom. The number of nitrogens with zero attached hydrogens (tertiary/aromatic N) is 4. The lowest BCUT2D eigenvalue weighted by atomic mass is 10.1. The molecular formula is C22H25FN6O. The fourth-order valence-electron chi connectivity index (χ4n) is 3.44. The minimum absolute atomic E-state index is 0.418. The number of anilines is 1. The molecule has 1 aliphatic rings. The van der Waals surface area contributed by atoms with Crippen LogP contribution in [0.25, 0.3) is 17.0 Å². The van der Waals surface area contributed by atoms with E-state index in [0.29, 0.717) is 35.2 Å². The van der Waals surface area contributed by atoms with Gasteiger partial charge in [-0.05, 0) is 38.9 Å². The summed E-state index contributed by atoms with van der Waals surface area (Å²) in [5, 5.41) is 10.9. The van der Waals surface area contributed by atoms with Gasteiger partial charge in [-0.15, -0.1) is 6.42 Å². The highest BCUT2D eigenvalue weighted by molar-refractivity contribution is 5.66. The van der Waals surface area contributed by atoms with Crippen molar-refractivity contribution in [2.75, 3.05) is 26.0 Å². The second-order valence-corrected chi connectivity index (χ2v) is 7.51. The Bertz CT molecular complexity index is 1100. The number of likely N-dealkylation sites (N-methyl/N-ethyl adjacent to an activating group) is 1. The van der Waals surface area contributed by atoms with E-state index in [4.69, 9.17) is 21.2 Å². The SMILES string of the molecule is C#Cc1ccc(-c2cnc3cc(OC)c(C4CC4)nn23)nc1NC(CNC)C(C)F. The topological polar surface area (TPSA) is 76.4 Å². The maximum atomic E-state index is 14.0. The number of terminal acetylenes is 1. The first-order chi connectivity index (χ1) is 14.5. The van der Waals surface area contributed by atoms with Crippen molar-refractivity contribution in [3.63, 3.8) is 0 Å². The Labute approximate surface area is 175 Å². The number of ether oxygens (including phenoxy) is 1. The lowest BCUT2D eigenvalue weighted by Crippen LogP contribution is -2.38. The number of alkyl halides is 1. The second kappa shape index (κ2) is 8.28. The number of fused-ring (bicyclic) bond motifs is 1. The molecule has 0 radical (unpaired) electrons. The van der Waals surface area contributed by atoms with Gasteiger partial charge in [-0.1, -0.05) is 5.92 Å². The van der Waals surface area contributed by atoms with Crippen molar-refractivity contribution in [1.29, 1.82) is 0 Å². The molecule has 0 spiro atoms. The van der Waals surface area contributed by atoms with Crippen molar-refractivity contribution in [1.82, 2.24) is 24.9 Å². The van der Waals surface area contributed by atoms with E-state index in [1.54, 1.807) is 30.9 Å². The van der Waals surface area contributed by atoms with E-state index < -0.39 is 12.2 Å². The number of rotatable bonds is 8. The molecule has 2 N–H and O–H groups in total. The molecule has 0 saturated heterocycles. The van der Waals surface area contributed by atoms with Crippen LogP contribution in [-0.4, -0.2) is 52.5 Å². The summed E-state index contributed by atoms with van der Waals surface area (Å²) in [7, 11) is 3.42. The molecule has 0 amide bonds. The predicted molar refractivity (Wildman–Crippen MR) is 115 cm³/mol. The molecule has 0 bridgehead atoms. The molecule has 3 aromatic rings. The molecule has 3 aromatic heterocycles. The Morgan fingerprint density at radius 2 is 2.20 bits per heavy atom. The molecule has 2 unspecified atom stereocenters. The van der Waals surface area contributed by atoms with Crippen molar-refractivity contribution in [3.05, 3.63) is 35.7 Å². The monoisotopic (exact) mass is 408 g/mol. The first kappa shape index (κ1) is 20.1. The van der Waals surface area contributed by atoms with Gasteiger partial charge >= 0.3 is 0 Å². The number of hydrogen-bond donors (Lipinski definition) is 2. The van der Waals surface area contributed by atoms with Gasteiger partial charge in [0.1, 0.15) is 29.1 Å². The number of aromatic nitrogens is 4. The average molecular weight is 408 g/mol. The van der Waals surface area contributed by atoms with Gasteiger partial charge in [0, 0.05) is 18.5 Å². The van der Waals surface area contributed by atoms with Crippen LogP contribution in [0.5, 0.6) is 5.75 Å². The highest BCUT2D eigenvalue weighted by Crippen LogP contribution is 2.43. The molecule has 1 aliphatic carbocycles. The van der Waals surface area contributed by atoms with Crippen LogP contribution in [0.2, 0.25) is 0 Å². The smallest absolute Gasteiger partial charge is 0.157 e. The van der Waals surface area contributed by atoms with Gasteiger partial charge in [-0.25, -0.2) is 18.9 Å². The Morgan fingerprint density at radius 1 is 1.40 bits per heavy atom. The van der Waals surface area contributed by atoms with Gasteiger partial charge in [0.15, 0.2) is 5.65 Å². The standard InChI is InChI=1S/C22H25FN6O/c1-5-14-8-9-16(26-22(14)27-17(11-24-3)13(2)23)18-12-25-20-10-19(30-4)21(15-6-7-15)28-29(18)20/h1,8-10,12-13,15,17,24H,6-7,11H2,2-4H3,(H,26,27). The van der Waals surface area contributed by atoms with Crippen LogP contribution >= 0.6 is 0 Å². The van der Waals surface area contributed by atoms with Crippen LogP contribution in [0.3, 0.4) is 0 Å². The van der Waals surface area contributed by atoms with Crippen molar-refractivity contribution in [2.24, 2.45) is 0 Å². The van der Waals surface area contributed by atoms with Gasteiger partial charge in [-0.2, -0.15) is 5.10 Å². The molecule has 30 heavy (non-hydrogen) atoms. The fraction of sp³-hybridized carbons (Fsp3) is 0.409. The zero-order valence-corrected chi connectivity index (χ0v) is 17.3. The van der Waals surface area contributed by atoms with Crippen LogP contribution in [0.4, 0.5) is 10.2 Å². The second-order valence-electron chi connectivity index (χ2n) is 7.51. The number of pyridine rings is 1. The van der Waals surface area contributed by atoms with Crippen molar-refractivity contribution in [3.8, 4) is 29.5 Å². The summed E-state index contributed by atoms with van der Waals surface area (Å²) < 4.78 is 21.3. The van der Waals surface area contributed by atoms with Crippen LogP contribution in [0, 0.1) is 12.3 Å². The molecular weight excluding hydrogens is 383 g/mol. The number of methoxy groups -OCH3 is 1. The molecule has 4 rings (SSSR count). The summed E-state index contributed by atoms with van der Waals surface area (Å²) in [5.74, 6) is 4.26. The zero-order valence-electron chi connectivity index (χ0n) is 17.3. The molecule has 1 fully saturated rings. The lowest BCUT2D eigenvalue weighted by molar-refractivity contribution is 0.314. The van der Waals surface area contributed by atoms with Crippen molar-refractivity contribution >= 4 is 11.5 Å². The molecule has 2 atom stereocenters. The molecule has 3 heterocycles. The number of halogens is 1. The summed E-state index contributed by atoms with van der Waals surface area (Å²) in [6.07, 6.45) is 8.50. The van der Waals surface area contributed by atoms with Crippen molar-refractivity contribution < 1.29 is 9.13 Å². The molecule has 1 saturated carbocycles. The molecule has 8 heteroatoms. The minimum Gasteiger partial charge on any atom is -0.495 e. The number of nitrogens with one attached hydrogen (secondary N) is 2. The van der Waals surface area contributed by atoms with E-state index in [0.717, 1.165) is 30.0 Å². The predicted octanol–water partition coefficient (Wildman–Crippen LogP) is 3.02. The Kier molecular flexibility index (Phi) is 5.55. The van der Waals surface area contributed by atoms with Crippen LogP contribution in [0.1, 0.15) is 36.9 Å². The fourth-order valence-corrected chi connectivity index (χ4v) is 3.44. The summed E-state index contributed by atoms with van der Waals surface area (Å²) in [6.45, 7) is 1.95. The van der Waals surface area contributed by atoms with E-state index in [9.17, 15) is 4.39 Å². The van der Waals surface area contributed by atoms with E-state index in [2.05, 4.69) is 21.5 Å². The molecule has 0 aromatic carbocycles. The minimum atomic E-state index is -1.08. The van der Waals surface area contributed by atoms with Gasteiger partial charge in [0.05, 0.1) is 30.6 Å². The Balaban J connectivity index is 1.76. The third-order valence-electron chi connectivity index (χ3n) is 5.28. The number of hydrogen-bond acceptors (Lipinski definition) is 6. The summed E-state index contributed by atoms with van der Waals surface area (Å²) in [5.41, 5.74) is 3.57. The maximum absolute atomic E-state index is 14.0. The van der Waals surface area contributed by atoms with E-state index in [1.165, 1.54) is 6.92 Å². The van der Waals surface area contributed by atoms with Gasteiger partial charge < -0.3 is 15.4 Å². The largest absolute Gasteiger partial charge is 0.495 e. The summed E-state index contributed by atoms with van der Waals surface area (Å²) >= 11 is 0. The quantitative estimate of drug-likeness (QED) is 0.558. The zero-order chi connectivity index (χ0) is 21.3. The molecule has 7 nitrogen and oxygen atoms in total. The van der Waals surface area contributed by atoms with E-state index in [1.807, 2.05) is 12.1 Å². The summed E-state index contributed by atoms with van der Waals surface area (Å²) in [4.78, 5) is 9.16. The van der Waals surface area contributed by atoms with Gasteiger partial charge in [-0.3, -0.25) is 0 Å². The Hall–Kier alpha value is -3.18. The van der Waals surface area contributed by atoms with Crippen LogP contribution in [0.15, 0.2) is 24.4 Å². The first-order valence-corrected chi connectivity index (χ1v) is 10.0. The lowest BCUT2D eigenvalue weighted by Gasteiger charge is -2.21. The third kappa shape index (κ3) is 3.81. The van der Waals surface area contributed by atoms with E-state index >= 15 is 0 Å². The third-order valence-corrected chi connectivity index (χ3v) is 5.28. The molecule has 0 aliphatic heterocycles. The highest BCUT2D eigenvalue weighted by atomic mass is 19.1. The summed E-state index contributed by atoms with van der Waals surface area (Å²) in [6, 6.07) is 5.07. The first-order valence-electron chi connectivity index (χ1n) is 10.0. The van der Waals surface area contributed by atoms with Gasteiger partial charge in [0.2, 0.25) is 0 Å². The van der Waals surface area contributed by atoms with Gasteiger partial charge in [0.25, 0.3) is 0 Å². The van der Waals surface area contributed by atoms with Crippen LogP contribution in [-0.2, 0) is 0 Å². The molecule has 156 valence electrons. The maximum Gasteiger partial charge on any atom is 0.157 e. The normalized spacial score (nSPS) is 15.6. The van der Waals surface area contributed by atoms with Crippen LogP contribution < -0.4 is 15.4 Å². The number of imidazole rings is 1.